The molecule has 1 aromatic heterocycles. The van der Waals surface area contributed by atoms with E-state index < -0.39 is 5.63 Å². The highest BCUT2D eigenvalue weighted by atomic mass is 35.5. The molecule has 3 aromatic rings. The van der Waals surface area contributed by atoms with Gasteiger partial charge in [0.05, 0.1) is 17.3 Å². The van der Waals surface area contributed by atoms with Crippen molar-refractivity contribution in [3.05, 3.63) is 74.6 Å². The van der Waals surface area contributed by atoms with Crippen molar-refractivity contribution in [2.45, 2.75) is 33.2 Å². The van der Waals surface area contributed by atoms with Gasteiger partial charge in [0, 0.05) is 18.0 Å². The standard InChI is InChI=1S/C23H25ClN2O3/c1-14(2)17-11-18-16(10-23(28)29-21(18)9-15(17)3)12-26(4)13-22(27)25-20-8-6-5-7-19(20)24/h5-11,14H,12-13H2,1-4H3,(H,25,27). The fourth-order valence-electron chi connectivity index (χ4n) is 3.49. The van der Waals surface area contributed by atoms with Crippen molar-refractivity contribution in [2.24, 2.45) is 0 Å². The Morgan fingerprint density at radius 1 is 1.21 bits per heavy atom. The van der Waals surface area contributed by atoms with Gasteiger partial charge >= 0.3 is 5.63 Å². The van der Waals surface area contributed by atoms with Gasteiger partial charge in [-0.3, -0.25) is 9.69 Å². The molecule has 0 fully saturated rings. The number of hydrogen-bond donors (Lipinski definition) is 1. The average Bonchev–Trinajstić information content (AvgIpc) is 2.62. The van der Waals surface area contributed by atoms with Crippen molar-refractivity contribution in [1.29, 1.82) is 0 Å². The Labute approximate surface area is 175 Å². The van der Waals surface area contributed by atoms with E-state index in [1.165, 1.54) is 11.6 Å². The maximum Gasteiger partial charge on any atom is 0.336 e. The molecule has 152 valence electrons. The molecule has 0 aliphatic heterocycles. The number of nitrogens with zero attached hydrogens (tertiary/aromatic N) is 1. The van der Waals surface area contributed by atoms with Gasteiger partial charge in [-0.05, 0) is 60.8 Å². The normalized spacial score (nSPS) is 11.4. The zero-order valence-corrected chi connectivity index (χ0v) is 17.8. The van der Waals surface area contributed by atoms with Crippen molar-refractivity contribution < 1.29 is 9.21 Å². The van der Waals surface area contributed by atoms with E-state index in [-0.39, 0.29) is 12.5 Å². The summed E-state index contributed by atoms with van der Waals surface area (Å²) < 4.78 is 5.40. The van der Waals surface area contributed by atoms with Gasteiger partial charge in [0.25, 0.3) is 0 Å². The largest absolute Gasteiger partial charge is 0.423 e. The first-order chi connectivity index (χ1) is 13.7. The van der Waals surface area contributed by atoms with Crippen LogP contribution in [0, 0.1) is 6.92 Å². The molecule has 3 rings (SSSR count). The lowest BCUT2D eigenvalue weighted by Gasteiger charge is -2.18. The Kier molecular flexibility index (Phi) is 6.40. The molecule has 1 heterocycles. The topological polar surface area (TPSA) is 62.6 Å². The maximum atomic E-state index is 12.4. The summed E-state index contributed by atoms with van der Waals surface area (Å²) in [6.45, 7) is 6.90. The summed E-state index contributed by atoms with van der Waals surface area (Å²) in [5.74, 6) is 0.185. The molecule has 2 aromatic carbocycles. The van der Waals surface area contributed by atoms with Crippen molar-refractivity contribution in [1.82, 2.24) is 4.90 Å². The van der Waals surface area contributed by atoms with Crippen LogP contribution in [0.4, 0.5) is 5.69 Å². The summed E-state index contributed by atoms with van der Waals surface area (Å²) >= 11 is 6.10. The number of benzene rings is 2. The number of likely N-dealkylation sites (N-methyl/N-ethyl adjacent to an activating group) is 1. The molecular weight excluding hydrogens is 388 g/mol. The lowest BCUT2D eigenvalue weighted by atomic mass is 9.95. The Bertz CT molecular complexity index is 1100. The molecule has 0 atom stereocenters. The third kappa shape index (κ3) is 5.05. The Balaban J connectivity index is 1.81. The minimum atomic E-state index is -0.391. The lowest BCUT2D eigenvalue weighted by Crippen LogP contribution is -2.30. The highest BCUT2D eigenvalue weighted by Gasteiger charge is 2.14. The third-order valence-corrected chi connectivity index (χ3v) is 5.17. The SMILES string of the molecule is Cc1cc2oc(=O)cc(CN(C)CC(=O)Nc3ccccc3Cl)c2cc1C(C)C. The minimum Gasteiger partial charge on any atom is -0.423 e. The van der Waals surface area contributed by atoms with Crippen molar-refractivity contribution in [3.8, 4) is 0 Å². The maximum absolute atomic E-state index is 12.4. The molecule has 29 heavy (non-hydrogen) atoms. The molecule has 1 N–H and O–H groups in total. The molecule has 0 spiro atoms. The summed E-state index contributed by atoms with van der Waals surface area (Å²) in [5.41, 5.74) is 3.91. The molecular formula is C23H25ClN2O3. The fraction of sp³-hybridized carbons (Fsp3) is 0.304. The number of carbonyl (C=O) groups is 1. The van der Waals surface area contributed by atoms with Crippen LogP contribution in [0.15, 0.2) is 51.7 Å². The highest BCUT2D eigenvalue weighted by molar-refractivity contribution is 6.33. The number of hydrogen-bond acceptors (Lipinski definition) is 4. The first-order valence-electron chi connectivity index (χ1n) is 9.55. The van der Waals surface area contributed by atoms with Crippen LogP contribution in [0.3, 0.4) is 0 Å². The summed E-state index contributed by atoms with van der Waals surface area (Å²) in [6.07, 6.45) is 0. The number of aryl methyl sites for hydroxylation is 1. The second-order valence-electron chi connectivity index (χ2n) is 7.65. The molecule has 0 bridgehead atoms. The van der Waals surface area contributed by atoms with Gasteiger partial charge in [0.2, 0.25) is 5.91 Å². The van der Waals surface area contributed by atoms with Crippen molar-refractivity contribution in [2.75, 3.05) is 18.9 Å². The highest BCUT2D eigenvalue weighted by Crippen LogP contribution is 2.27. The molecule has 6 heteroatoms. The van der Waals surface area contributed by atoms with E-state index in [2.05, 4.69) is 25.2 Å². The van der Waals surface area contributed by atoms with E-state index >= 15 is 0 Å². The van der Waals surface area contributed by atoms with Gasteiger partial charge in [-0.1, -0.05) is 37.6 Å². The van der Waals surface area contributed by atoms with E-state index in [1.54, 1.807) is 12.1 Å². The Morgan fingerprint density at radius 2 is 1.93 bits per heavy atom. The molecule has 0 aliphatic carbocycles. The van der Waals surface area contributed by atoms with Crippen LogP contribution in [0.25, 0.3) is 11.0 Å². The quantitative estimate of drug-likeness (QED) is 0.582. The number of nitrogens with one attached hydrogen (secondary N) is 1. The Morgan fingerprint density at radius 3 is 2.62 bits per heavy atom. The van der Waals surface area contributed by atoms with Crippen LogP contribution >= 0.6 is 11.6 Å². The zero-order valence-electron chi connectivity index (χ0n) is 17.1. The van der Waals surface area contributed by atoms with E-state index in [9.17, 15) is 9.59 Å². The van der Waals surface area contributed by atoms with E-state index in [0.717, 1.165) is 16.5 Å². The number of anilines is 1. The fourth-order valence-corrected chi connectivity index (χ4v) is 3.67. The van der Waals surface area contributed by atoms with Crippen LogP contribution < -0.4 is 10.9 Å². The number of halogens is 1. The predicted molar refractivity (Wildman–Crippen MR) is 118 cm³/mol. The Hall–Kier alpha value is -2.63. The summed E-state index contributed by atoms with van der Waals surface area (Å²) in [6, 6.07) is 12.6. The first kappa shape index (κ1) is 21.1. The molecule has 5 nitrogen and oxygen atoms in total. The van der Waals surface area contributed by atoms with Crippen LogP contribution in [0.1, 0.15) is 36.5 Å². The second kappa shape index (κ2) is 8.80. The molecule has 0 aliphatic rings. The summed E-state index contributed by atoms with van der Waals surface area (Å²) in [7, 11) is 1.84. The summed E-state index contributed by atoms with van der Waals surface area (Å²) in [5, 5.41) is 4.21. The number of carbonyl (C=O) groups excluding carboxylic acids is 1. The molecule has 0 unspecified atom stereocenters. The summed E-state index contributed by atoms with van der Waals surface area (Å²) in [4.78, 5) is 26.3. The molecule has 0 saturated carbocycles. The van der Waals surface area contributed by atoms with E-state index in [1.807, 2.05) is 37.1 Å². The van der Waals surface area contributed by atoms with Crippen LogP contribution in [0.5, 0.6) is 0 Å². The molecule has 0 radical (unpaired) electrons. The van der Waals surface area contributed by atoms with Gasteiger partial charge in [-0.15, -0.1) is 0 Å². The molecule has 1 amide bonds. The second-order valence-corrected chi connectivity index (χ2v) is 8.06. The zero-order chi connectivity index (χ0) is 21.1. The monoisotopic (exact) mass is 412 g/mol. The molecule has 0 saturated heterocycles. The number of amides is 1. The van der Waals surface area contributed by atoms with Gasteiger partial charge in [0.1, 0.15) is 5.58 Å². The van der Waals surface area contributed by atoms with Gasteiger partial charge in [-0.25, -0.2) is 4.79 Å². The minimum absolute atomic E-state index is 0.163. The third-order valence-electron chi connectivity index (χ3n) is 4.84. The van der Waals surface area contributed by atoms with Crippen LogP contribution in [0.2, 0.25) is 5.02 Å². The first-order valence-corrected chi connectivity index (χ1v) is 9.92. The van der Waals surface area contributed by atoms with Crippen LogP contribution in [-0.2, 0) is 11.3 Å². The smallest absolute Gasteiger partial charge is 0.336 e. The van der Waals surface area contributed by atoms with Crippen LogP contribution in [-0.4, -0.2) is 24.4 Å². The van der Waals surface area contributed by atoms with Gasteiger partial charge in [0.15, 0.2) is 0 Å². The van der Waals surface area contributed by atoms with Crippen molar-refractivity contribution >= 4 is 34.2 Å². The van der Waals surface area contributed by atoms with E-state index in [4.69, 9.17) is 16.0 Å². The van der Waals surface area contributed by atoms with E-state index in [0.29, 0.717) is 28.8 Å². The van der Waals surface area contributed by atoms with Crippen molar-refractivity contribution in [3.63, 3.8) is 0 Å². The number of fused-ring (bicyclic) bond motifs is 1. The number of para-hydroxylation sites is 1. The average molecular weight is 413 g/mol. The number of rotatable bonds is 6. The van der Waals surface area contributed by atoms with Gasteiger partial charge in [-0.2, -0.15) is 0 Å². The lowest BCUT2D eigenvalue weighted by molar-refractivity contribution is -0.117. The predicted octanol–water partition coefficient (Wildman–Crippen LogP) is 4.95. The van der Waals surface area contributed by atoms with Gasteiger partial charge < -0.3 is 9.73 Å².